The van der Waals surface area contributed by atoms with Crippen LogP contribution in [0.3, 0.4) is 0 Å². The van der Waals surface area contributed by atoms with Crippen LogP contribution in [-0.4, -0.2) is 28.0 Å². The Morgan fingerprint density at radius 2 is 1.95 bits per heavy atom. The summed E-state index contributed by atoms with van der Waals surface area (Å²) < 4.78 is 5.73. The molecule has 1 aromatic heterocycles. The number of aromatic nitrogens is 2. The van der Waals surface area contributed by atoms with Gasteiger partial charge in [0.05, 0.1) is 17.4 Å². The largest absolute Gasteiger partial charge is 0.460 e. The van der Waals surface area contributed by atoms with E-state index in [1.807, 2.05) is 0 Å². The van der Waals surface area contributed by atoms with Crippen LogP contribution in [0, 0.1) is 5.92 Å². The summed E-state index contributed by atoms with van der Waals surface area (Å²) in [5, 5.41) is 3.60. The molecule has 0 aromatic carbocycles. The molecule has 1 aliphatic carbocycles. The maximum Gasteiger partial charge on any atom is 0.316 e. The maximum absolute atomic E-state index is 11.8. The molecular weight excluding hydrogens is 290 g/mol. The standard InChI is InChI=1S/C15H22ClN3O2/c1-10(2)7-14(20)19-12-3-5-13(6-4-12)21-15-17-8-11(16)9-18-15/h8-10,12-13H,3-7H2,1-2H3,(H,19,20). The van der Waals surface area contributed by atoms with Crippen LogP contribution < -0.4 is 10.1 Å². The van der Waals surface area contributed by atoms with Crippen LogP contribution in [0.25, 0.3) is 0 Å². The molecule has 0 unspecified atom stereocenters. The van der Waals surface area contributed by atoms with Crippen LogP contribution in [0.4, 0.5) is 0 Å². The Morgan fingerprint density at radius 1 is 1.33 bits per heavy atom. The quantitative estimate of drug-likeness (QED) is 0.908. The Morgan fingerprint density at radius 3 is 2.52 bits per heavy atom. The molecule has 0 saturated heterocycles. The third-order valence-corrected chi connectivity index (χ3v) is 3.70. The molecule has 0 bridgehead atoms. The van der Waals surface area contributed by atoms with Crippen LogP contribution in [0.1, 0.15) is 46.0 Å². The van der Waals surface area contributed by atoms with Crippen molar-refractivity contribution < 1.29 is 9.53 Å². The normalized spacial score (nSPS) is 22.1. The number of amides is 1. The van der Waals surface area contributed by atoms with Gasteiger partial charge in [0.25, 0.3) is 0 Å². The number of hydrogen-bond donors (Lipinski definition) is 1. The van der Waals surface area contributed by atoms with Gasteiger partial charge < -0.3 is 10.1 Å². The molecule has 0 aliphatic heterocycles. The molecule has 1 amide bonds. The van der Waals surface area contributed by atoms with Crippen molar-refractivity contribution in [2.45, 2.75) is 58.1 Å². The molecule has 0 radical (unpaired) electrons. The molecule has 6 heteroatoms. The van der Waals surface area contributed by atoms with E-state index in [1.54, 1.807) is 0 Å². The third kappa shape index (κ3) is 5.50. The minimum atomic E-state index is 0.115. The van der Waals surface area contributed by atoms with E-state index in [1.165, 1.54) is 12.4 Å². The topological polar surface area (TPSA) is 64.1 Å². The highest BCUT2D eigenvalue weighted by Crippen LogP contribution is 2.22. The molecule has 116 valence electrons. The lowest BCUT2D eigenvalue weighted by Crippen LogP contribution is -2.40. The Bertz CT molecular complexity index is 456. The summed E-state index contributed by atoms with van der Waals surface area (Å²) in [6, 6.07) is 0.633. The Hall–Kier alpha value is -1.36. The fourth-order valence-electron chi connectivity index (χ4n) is 2.49. The van der Waals surface area contributed by atoms with E-state index in [-0.39, 0.29) is 18.1 Å². The zero-order chi connectivity index (χ0) is 15.2. The van der Waals surface area contributed by atoms with Crippen molar-refractivity contribution >= 4 is 17.5 Å². The summed E-state index contributed by atoms with van der Waals surface area (Å²) in [5.74, 6) is 0.544. The van der Waals surface area contributed by atoms with Gasteiger partial charge in [-0.05, 0) is 31.6 Å². The molecule has 1 aliphatic rings. The summed E-state index contributed by atoms with van der Waals surface area (Å²) in [6.07, 6.45) is 7.43. The number of ether oxygens (including phenoxy) is 1. The van der Waals surface area contributed by atoms with Crippen molar-refractivity contribution in [3.63, 3.8) is 0 Å². The van der Waals surface area contributed by atoms with Gasteiger partial charge in [-0.15, -0.1) is 0 Å². The first-order chi connectivity index (χ1) is 10.0. The average Bonchev–Trinajstić information content (AvgIpc) is 2.42. The van der Waals surface area contributed by atoms with Crippen molar-refractivity contribution in [1.29, 1.82) is 0 Å². The minimum Gasteiger partial charge on any atom is -0.460 e. The van der Waals surface area contributed by atoms with E-state index in [0.29, 0.717) is 23.4 Å². The second-order valence-electron chi connectivity index (χ2n) is 5.94. The van der Waals surface area contributed by atoms with E-state index in [0.717, 1.165) is 25.7 Å². The van der Waals surface area contributed by atoms with Gasteiger partial charge in [0, 0.05) is 12.5 Å². The molecule has 0 spiro atoms. The van der Waals surface area contributed by atoms with Crippen molar-refractivity contribution in [3.05, 3.63) is 17.4 Å². The Labute approximate surface area is 130 Å². The van der Waals surface area contributed by atoms with Crippen molar-refractivity contribution in [3.8, 4) is 6.01 Å². The van der Waals surface area contributed by atoms with Gasteiger partial charge in [0.15, 0.2) is 0 Å². The van der Waals surface area contributed by atoms with Crippen LogP contribution in [-0.2, 0) is 4.79 Å². The van der Waals surface area contributed by atoms with Crippen LogP contribution in [0.2, 0.25) is 5.02 Å². The second kappa shape index (κ2) is 7.59. The highest BCUT2D eigenvalue weighted by molar-refractivity contribution is 6.30. The molecule has 1 aromatic rings. The molecule has 2 rings (SSSR count). The molecule has 1 fully saturated rings. The van der Waals surface area contributed by atoms with Crippen molar-refractivity contribution in [2.75, 3.05) is 0 Å². The maximum atomic E-state index is 11.8. The first-order valence-electron chi connectivity index (χ1n) is 7.46. The van der Waals surface area contributed by atoms with E-state index >= 15 is 0 Å². The number of nitrogens with one attached hydrogen (secondary N) is 1. The summed E-state index contributed by atoms with van der Waals surface area (Å²) in [4.78, 5) is 19.8. The van der Waals surface area contributed by atoms with Gasteiger partial charge in [0.1, 0.15) is 6.10 Å². The summed E-state index contributed by atoms with van der Waals surface area (Å²) in [5.41, 5.74) is 0. The first kappa shape index (κ1) is 16.0. The van der Waals surface area contributed by atoms with Gasteiger partial charge in [0.2, 0.25) is 5.91 Å². The van der Waals surface area contributed by atoms with E-state index in [4.69, 9.17) is 16.3 Å². The number of nitrogens with zero attached hydrogens (tertiary/aromatic N) is 2. The molecule has 1 N–H and O–H groups in total. The fourth-order valence-corrected chi connectivity index (χ4v) is 2.59. The summed E-state index contributed by atoms with van der Waals surface area (Å²) in [6.45, 7) is 4.10. The smallest absolute Gasteiger partial charge is 0.316 e. The lowest BCUT2D eigenvalue weighted by molar-refractivity contribution is -0.122. The van der Waals surface area contributed by atoms with Gasteiger partial charge in [-0.3, -0.25) is 4.79 Å². The van der Waals surface area contributed by atoms with Crippen molar-refractivity contribution in [1.82, 2.24) is 15.3 Å². The number of halogens is 1. The average molecular weight is 312 g/mol. The highest BCUT2D eigenvalue weighted by Gasteiger charge is 2.24. The SMILES string of the molecule is CC(C)CC(=O)NC1CCC(Oc2ncc(Cl)cn2)CC1. The molecule has 0 atom stereocenters. The number of rotatable bonds is 5. The van der Waals surface area contributed by atoms with Gasteiger partial charge >= 0.3 is 6.01 Å². The van der Waals surface area contributed by atoms with Gasteiger partial charge in [-0.2, -0.15) is 0 Å². The van der Waals surface area contributed by atoms with Gasteiger partial charge in [-0.1, -0.05) is 25.4 Å². The summed E-state index contributed by atoms with van der Waals surface area (Å²) >= 11 is 5.74. The van der Waals surface area contributed by atoms with Crippen LogP contribution in [0.15, 0.2) is 12.4 Å². The first-order valence-corrected chi connectivity index (χ1v) is 7.84. The molecule has 1 saturated carbocycles. The lowest BCUT2D eigenvalue weighted by atomic mass is 9.92. The van der Waals surface area contributed by atoms with Crippen molar-refractivity contribution in [2.24, 2.45) is 5.92 Å². The zero-order valence-electron chi connectivity index (χ0n) is 12.5. The van der Waals surface area contributed by atoms with E-state index in [2.05, 4.69) is 29.1 Å². The number of carbonyl (C=O) groups is 1. The van der Waals surface area contributed by atoms with E-state index < -0.39 is 0 Å². The highest BCUT2D eigenvalue weighted by atomic mass is 35.5. The van der Waals surface area contributed by atoms with Gasteiger partial charge in [-0.25, -0.2) is 9.97 Å². The lowest BCUT2D eigenvalue weighted by Gasteiger charge is -2.29. The van der Waals surface area contributed by atoms with Crippen LogP contribution >= 0.6 is 11.6 Å². The molecule has 5 nitrogen and oxygen atoms in total. The molecular formula is C15H22ClN3O2. The number of hydrogen-bond acceptors (Lipinski definition) is 4. The predicted molar refractivity (Wildman–Crippen MR) is 81.3 cm³/mol. The molecule has 21 heavy (non-hydrogen) atoms. The third-order valence-electron chi connectivity index (χ3n) is 3.50. The molecule has 1 heterocycles. The summed E-state index contributed by atoms with van der Waals surface area (Å²) in [7, 11) is 0. The zero-order valence-corrected chi connectivity index (χ0v) is 13.3. The monoisotopic (exact) mass is 311 g/mol. The second-order valence-corrected chi connectivity index (χ2v) is 6.38. The Kier molecular flexibility index (Phi) is 5.79. The predicted octanol–water partition coefficient (Wildman–Crippen LogP) is 2.98. The minimum absolute atomic E-state index is 0.115. The Balaban J connectivity index is 1.73. The fraction of sp³-hybridized carbons (Fsp3) is 0.667. The number of carbonyl (C=O) groups excluding carboxylic acids is 1. The van der Waals surface area contributed by atoms with Crippen LogP contribution in [0.5, 0.6) is 6.01 Å². The van der Waals surface area contributed by atoms with E-state index in [9.17, 15) is 4.79 Å².